The maximum absolute atomic E-state index is 8.54. The van der Waals surface area contributed by atoms with Crippen molar-refractivity contribution in [3.05, 3.63) is 18.0 Å². The van der Waals surface area contributed by atoms with Gasteiger partial charge in [-0.3, -0.25) is 4.68 Å². The van der Waals surface area contributed by atoms with Crippen LogP contribution < -0.4 is 0 Å². The van der Waals surface area contributed by atoms with E-state index in [1.54, 1.807) is 4.68 Å². The van der Waals surface area contributed by atoms with Crippen LogP contribution in [0.5, 0.6) is 0 Å². The molecule has 0 saturated carbocycles. The summed E-state index contributed by atoms with van der Waals surface area (Å²) >= 11 is -3.79. The molecule has 0 aliphatic rings. The van der Waals surface area contributed by atoms with Gasteiger partial charge in [-0.15, -0.1) is 0 Å². The first kappa shape index (κ1) is 10.1. The first-order valence-corrected chi connectivity index (χ1v) is 4.31. The van der Waals surface area contributed by atoms with Gasteiger partial charge in [-0.05, 0) is 13.0 Å². The predicted octanol–water partition coefficient (Wildman–Crippen LogP) is 0.370. The van der Waals surface area contributed by atoms with Gasteiger partial charge in [0.05, 0.1) is 5.69 Å². The molecule has 1 aromatic rings. The Balaban J connectivity index is 0.000000218. The van der Waals surface area contributed by atoms with Gasteiger partial charge in [0.15, 0.2) is 0 Å². The van der Waals surface area contributed by atoms with Crippen molar-refractivity contribution in [1.29, 1.82) is 0 Å². The first-order chi connectivity index (χ1) is 5.02. The Morgan fingerprint density at radius 3 is 2.00 bits per heavy atom. The third-order valence-corrected chi connectivity index (χ3v) is 0.847. The summed E-state index contributed by atoms with van der Waals surface area (Å²) in [6.07, 6.45) is 1.93. The minimum absolute atomic E-state index is 1.07. The van der Waals surface area contributed by atoms with Gasteiger partial charge in [0.1, 0.15) is 0 Å². The van der Waals surface area contributed by atoms with Gasteiger partial charge in [-0.2, -0.15) is 5.10 Å². The second kappa shape index (κ2) is 4.88. The van der Waals surface area contributed by atoms with E-state index in [9.17, 15) is 0 Å². The van der Waals surface area contributed by atoms with E-state index in [0.29, 0.717) is 0 Å². The molecule has 0 aromatic carbocycles. The maximum atomic E-state index is 8.54. The number of aryl methyl sites for hydroxylation is 2. The summed E-state index contributed by atoms with van der Waals surface area (Å²) in [5.74, 6) is 0. The van der Waals surface area contributed by atoms with Crippen LogP contribution in [0.25, 0.3) is 0 Å². The van der Waals surface area contributed by atoms with Gasteiger partial charge in [-0.25, -0.2) is 0 Å². The van der Waals surface area contributed by atoms with E-state index in [-0.39, 0.29) is 0 Å². The molecule has 0 aliphatic carbocycles. The molecule has 0 radical (unpaired) electrons. The Bertz CT molecular complexity index is 289. The van der Waals surface area contributed by atoms with Crippen molar-refractivity contribution in [3.8, 4) is 0 Å². The number of nitrogens with zero attached hydrogens (tertiary/aromatic N) is 2. The van der Waals surface area contributed by atoms with Crippen LogP contribution in [0.2, 0.25) is 0 Å². The summed E-state index contributed by atoms with van der Waals surface area (Å²) in [6, 6.07) is 1.97. The molecule has 0 spiro atoms. The van der Waals surface area contributed by atoms with E-state index in [1.807, 2.05) is 26.2 Å². The predicted molar refractivity (Wildman–Crippen MR) is 30.0 cm³/mol. The van der Waals surface area contributed by atoms with Crippen LogP contribution in [0, 0.1) is 6.92 Å². The summed E-state index contributed by atoms with van der Waals surface area (Å²) in [5, 5.41) is 4.03. The molecule has 1 rings (SSSR count). The molecule has 0 fully saturated rings. The molecule has 62 valence electrons. The summed E-state index contributed by atoms with van der Waals surface area (Å²) in [7, 11) is 1.91. The van der Waals surface area contributed by atoms with Gasteiger partial charge in [-0.1, -0.05) is 0 Å². The topological polar surface area (TPSA) is 69.0 Å². The molecule has 11 heavy (non-hydrogen) atoms. The van der Waals surface area contributed by atoms with Crippen molar-refractivity contribution in [2.75, 3.05) is 0 Å². The fourth-order valence-electron chi connectivity index (χ4n) is 0.531. The molecule has 0 bridgehead atoms. The monoisotopic (exact) mass is 196 g/mol. The van der Waals surface area contributed by atoms with E-state index >= 15 is 0 Å². The normalized spacial score (nSPS) is 8.18. The Labute approximate surface area is 67.7 Å². The van der Waals surface area contributed by atoms with Crippen LogP contribution in [0.4, 0.5) is 0 Å². The number of aromatic nitrogens is 2. The third-order valence-electron chi connectivity index (χ3n) is 0.847. The van der Waals surface area contributed by atoms with Gasteiger partial charge < -0.3 is 0 Å². The fraction of sp³-hybridized carbons (Fsp3) is 0.400. The van der Waals surface area contributed by atoms with Crippen LogP contribution in [-0.2, 0) is 32.4 Å². The van der Waals surface area contributed by atoms with Crippen molar-refractivity contribution in [3.63, 3.8) is 0 Å². The van der Waals surface area contributed by atoms with Crippen LogP contribution in [0.1, 0.15) is 5.69 Å². The van der Waals surface area contributed by atoms with E-state index in [2.05, 4.69) is 5.10 Å². The van der Waals surface area contributed by atoms with Gasteiger partial charge in [0.2, 0.25) is 0 Å². The second-order valence-electron chi connectivity index (χ2n) is 1.83. The molecule has 0 N–H and O–H groups in total. The van der Waals surface area contributed by atoms with Gasteiger partial charge in [0.25, 0.3) is 0 Å². The number of hydrogen-bond acceptors (Lipinski definition) is 4. The average molecular weight is 196 g/mol. The summed E-state index contributed by atoms with van der Waals surface area (Å²) in [5.41, 5.74) is 1.07. The molecule has 5 nitrogen and oxygen atoms in total. The van der Waals surface area contributed by atoms with Crippen molar-refractivity contribution in [1.82, 2.24) is 9.78 Å². The van der Waals surface area contributed by atoms with Crippen molar-refractivity contribution in [2.24, 2.45) is 7.05 Å². The van der Waals surface area contributed by atoms with Gasteiger partial charge >= 0.3 is 25.4 Å². The summed E-state index contributed by atoms with van der Waals surface area (Å²) in [4.78, 5) is 0. The van der Waals surface area contributed by atoms with Crippen LogP contribution in [0.3, 0.4) is 0 Å². The Morgan fingerprint density at radius 1 is 1.45 bits per heavy atom. The number of rotatable bonds is 0. The van der Waals surface area contributed by atoms with Crippen molar-refractivity contribution < 1.29 is 25.4 Å². The van der Waals surface area contributed by atoms with Crippen molar-refractivity contribution >= 4 is 0 Å². The van der Waals surface area contributed by atoms with Crippen LogP contribution in [-0.4, -0.2) is 9.78 Å². The molecule has 0 atom stereocenters. The molecule has 6 heteroatoms. The Hall–Kier alpha value is -0.858. The molecule has 0 amide bonds. The molecule has 0 unspecified atom stereocenters. The first-order valence-electron chi connectivity index (χ1n) is 2.75. The van der Waals surface area contributed by atoms with Crippen LogP contribution in [0.15, 0.2) is 12.3 Å². The molecule has 1 heterocycles. The number of hydrogen-bond donors (Lipinski definition) is 0. The quantitative estimate of drug-likeness (QED) is 0.601. The van der Waals surface area contributed by atoms with Gasteiger partial charge in [0, 0.05) is 13.2 Å². The Kier molecular flexibility index (Phi) is 4.50. The van der Waals surface area contributed by atoms with E-state index in [4.69, 9.17) is 11.4 Å². The third kappa shape index (κ3) is 7.03. The SMILES string of the molecule is Cc1ccn(C)n1.[O]=[Cr](=[O])=[O]. The van der Waals surface area contributed by atoms with Crippen molar-refractivity contribution in [2.45, 2.75) is 6.92 Å². The zero-order chi connectivity index (χ0) is 8.85. The van der Waals surface area contributed by atoms with E-state index in [0.717, 1.165) is 5.69 Å². The molecular formula is C5H8CrN2O3. The summed E-state index contributed by atoms with van der Waals surface area (Å²) in [6.45, 7) is 1.97. The Morgan fingerprint density at radius 2 is 1.91 bits per heavy atom. The molecule has 0 aliphatic heterocycles. The molecular weight excluding hydrogens is 188 g/mol. The summed E-state index contributed by atoms with van der Waals surface area (Å²) < 4.78 is 27.4. The standard InChI is InChI=1S/C5H8N2.Cr.3O/c1-5-3-4-7(2)6-5;;;;/h3-4H,1-2H3;;;;. The zero-order valence-corrected chi connectivity index (χ0v) is 7.46. The van der Waals surface area contributed by atoms with Crippen LogP contribution >= 0.6 is 0 Å². The fourth-order valence-corrected chi connectivity index (χ4v) is 0.531. The molecule has 1 aromatic heterocycles. The zero-order valence-electron chi connectivity index (χ0n) is 6.18. The van der Waals surface area contributed by atoms with E-state index < -0.39 is 14.0 Å². The second-order valence-corrected chi connectivity index (χ2v) is 2.47. The van der Waals surface area contributed by atoms with E-state index in [1.165, 1.54) is 0 Å². The minimum atomic E-state index is -3.79. The molecule has 0 saturated heterocycles. The average Bonchev–Trinajstić information content (AvgIpc) is 2.13.